The SMILES string of the molecule is COc1nc(N)nc(-c2ccc(C)c(C)c2)n1. The molecule has 1 aromatic carbocycles. The zero-order valence-electron chi connectivity index (χ0n) is 10.1. The van der Waals surface area contributed by atoms with E-state index >= 15 is 0 Å². The highest BCUT2D eigenvalue weighted by Crippen LogP contribution is 2.20. The number of nitrogens with zero attached hydrogens (tertiary/aromatic N) is 3. The predicted octanol–water partition coefficient (Wildman–Crippen LogP) is 1.75. The third-order valence-electron chi connectivity index (χ3n) is 2.58. The van der Waals surface area contributed by atoms with E-state index in [0.29, 0.717) is 5.82 Å². The van der Waals surface area contributed by atoms with Crippen molar-refractivity contribution in [3.05, 3.63) is 29.3 Å². The molecule has 0 atom stereocenters. The number of hydrogen-bond donors (Lipinski definition) is 1. The summed E-state index contributed by atoms with van der Waals surface area (Å²) in [4.78, 5) is 12.1. The van der Waals surface area contributed by atoms with Gasteiger partial charge in [0.25, 0.3) is 0 Å². The van der Waals surface area contributed by atoms with Crippen LogP contribution in [0.2, 0.25) is 0 Å². The Morgan fingerprint density at radius 3 is 2.47 bits per heavy atom. The van der Waals surface area contributed by atoms with E-state index in [1.54, 1.807) is 0 Å². The van der Waals surface area contributed by atoms with E-state index < -0.39 is 0 Å². The smallest absolute Gasteiger partial charge is 0.321 e. The Morgan fingerprint density at radius 1 is 1.06 bits per heavy atom. The van der Waals surface area contributed by atoms with Gasteiger partial charge in [-0.3, -0.25) is 0 Å². The van der Waals surface area contributed by atoms with Crippen LogP contribution in [0.25, 0.3) is 11.4 Å². The van der Waals surface area contributed by atoms with Gasteiger partial charge in [0.15, 0.2) is 5.82 Å². The average molecular weight is 230 g/mol. The quantitative estimate of drug-likeness (QED) is 0.850. The molecule has 1 aromatic heterocycles. The molecule has 0 aliphatic carbocycles. The molecule has 0 saturated heterocycles. The largest absolute Gasteiger partial charge is 0.467 e. The lowest BCUT2D eigenvalue weighted by molar-refractivity contribution is 0.379. The molecule has 0 radical (unpaired) electrons. The van der Waals surface area contributed by atoms with Crippen LogP contribution in [0.1, 0.15) is 11.1 Å². The summed E-state index contributed by atoms with van der Waals surface area (Å²) in [6.07, 6.45) is 0. The normalized spacial score (nSPS) is 10.3. The van der Waals surface area contributed by atoms with Crippen LogP contribution in [-0.2, 0) is 0 Å². The molecule has 0 saturated carbocycles. The van der Waals surface area contributed by atoms with E-state index in [-0.39, 0.29) is 12.0 Å². The van der Waals surface area contributed by atoms with Crippen molar-refractivity contribution in [3.63, 3.8) is 0 Å². The van der Waals surface area contributed by atoms with Crippen LogP contribution in [0.5, 0.6) is 6.01 Å². The number of benzene rings is 1. The van der Waals surface area contributed by atoms with E-state index in [2.05, 4.69) is 21.9 Å². The zero-order chi connectivity index (χ0) is 12.4. The van der Waals surface area contributed by atoms with Crippen LogP contribution in [0.15, 0.2) is 18.2 Å². The number of nitrogens with two attached hydrogens (primary N) is 1. The Balaban J connectivity index is 2.52. The molecule has 2 N–H and O–H groups in total. The van der Waals surface area contributed by atoms with E-state index in [9.17, 15) is 0 Å². The van der Waals surface area contributed by atoms with Gasteiger partial charge in [-0.25, -0.2) is 0 Å². The molecule has 0 amide bonds. The predicted molar refractivity (Wildman–Crippen MR) is 65.7 cm³/mol. The highest BCUT2D eigenvalue weighted by Gasteiger charge is 2.07. The number of ether oxygens (including phenoxy) is 1. The lowest BCUT2D eigenvalue weighted by atomic mass is 10.1. The molecule has 0 spiro atoms. The first-order valence-electron chi connectivity index (χ1n) is 5.23. The second kappa shape index (κ2) is 4.37. The number of anilines is 1. The van der Waals surface area contributed by atoms with Gasteiger partial charge in [0.05, 0.1) is 7.11 Å². The van der Waals surface area contributed by atoms with Crippen LogP contribution < -0.4 is 10.5 Å². The van der Waals surface area contributed by atoms with Crippen LogP contribution in [-0.4, -0.2) is 22.1 Å². The molecule has 5 heteroatoms. The van der Waals surface area contributed by atoms with Gasteiger partial charge in [-0.05, 0) is 31.0 Å². The molecule has 88 valence electrons. The topological polar surface area (TPSA) is 73.9 Å². The van der Waals surface area contributed by atoms with Crippen molar-refractivity contribution in [1.82, 2.24) is 15.0 Å². The third kappa shape index (κ3) is 2.33. The minimum atomic E-state index is 0.157. The van der Waals surface area contributed by atoms with Gasteiger partial charge in [-0.2, -0.15) is 15.0 Å². The van der Waals surface area contributed by atoms with Crippen LogP contribution in [0, 0.1) is 13.8 Å². The summed E-state index contributed by atoms with van der Waals surface area (Å²) in [7, 11) is 1.50. The number of aromatic nitrogens is 3. The standard InChI is InChI=1S/C12H14N4O/c1-7-4-5-9(6-8(7)2)10-14-11(13)16-12(15-10)17-3/h4-6H,1-3H3,(H2,13,14,15,16). The molecular formula is C12H14N4O. The summed E-state index contributed by atoms with van der Waals surface area (Å²) in [5.41, 5.74) is 8.91. The summed E-state index contributed by atoms with van der Waals surface area (Å²) < 4.78 is 4.97. The van der Waals surface area contributed by atoms with Crippen molar-refractivity contribution in [2.45, 2.75) is 13.8 Å². The molecule has 0 aliphatic heterocycles. The number of methoxy groups -OCH3 is 1. The van der Waals surface area contributed by atoms with Crippen molar-refractivity contribution in [3.8, 4) is 17.4 Å². The maximum atomic E-state index is 5.60. The highest BCUT2D eigenvalue weighted by molar-refractivity contribution is 5.58. The van der Waals surface area contributed by atoms with Crippen LogP contribution in [0.4, 0.5) is 5.95 Å². The van der Waals surface area contributed by atoms with Gasteiger partial charge in [0.2, 0.25) is 5.95 Å². The molecule has 2 rings (SSSR count). The summed E-state index contributed by atoms with van der Waals surface area (Å²) in [5.74, 6) is 0.683. The van der Waals surface area contributed by atoms with Gasteiger partial charge in [-0.1, -0.05) is 12.1 Å². The van der Waals surface area contributed by atoms with Crippen molar-refractivity contribution in [2.75, 3.05) is 12.8 Å². The van der Waals surface area contributed by atoms with Gasteiger partial charge in [-0.15, -0.1) is 0 Å². The Hall–Kier alpha value is -2.17. The Kier molecular flexibility index (Phi) is 2.91. The Labute approximate surface area is 99.7 Å². The number of nitrogen functional groups attached to an aromatic ring is 1. The van der Waals surface area contributed by atoms with E-state index in [4.69, 9.17) is 10.5 Å². The molecule has 0 aliphatic rings. The molecular weight excluding hydrogens is 216 g/mol. The second-order valence-electron chi connectivity index (χ2n) is 3.80. The van der Waals surface area contributed by atoms with Gasteiger partial charge >= 0.3 is 6.01 Å². The fourth-order valence-electron chi connectivity index (χ4n) is 1.47. The van der Waals surface area contributed by atoms with Crippen molar-refractivity contribution < 1.29 is 4.74 Å². The van der Waals surface area contributed by atoms with Crippen LogP contribution in [0.3, 0.4) is 0 Å². The molecule has 17 heavy (non-hydrogen) atoms. The molecule has 5 nitrogen and oxygen atoms in total. The van der Waals surface area contributed by atoms with E-state index in [1.807, 2.05) is 25.1 Å². The molecule has 0 fully saturated rings. The van der Waals surface area contributed by atoms with E-state index in [1.165, 1.54) is 18.2 Å². The molecule has 0 bridgehead atoms. The number of rotatable bonds is 2. The lowest BCUT2D eigenvalue weighted by Crippen LogP contribution is -2.02. The molecule has 0 unspecified atom stereocenters. The average Bonchev–Trinajstić information content (AvgIpc) is 2.32. The first-order valence-corrected chi connectivity index (χ1v) is 5.23. The first-order chi connectivity index (χ1) is 8.10. The second-order valence-corrected chi connectivity index (χ2v) is 3.80. The minimum absolute atomic E-state index is 0.157. The fourth-order valence-corrected chi connectivity index (χ4v) is 1.47. The zero-order valence-corrected chi connectivity index (χ0v) is 10.1. The summed E-state index contributed by atoms with van der Waals surface area (Å²) in [5, 5.41) is 0. The third-order valence-corrected chi connectivity index (χ3v) is 2.58. The summed E-state index contributed by atoms with van der Waals surface area (Å²) in [6.45, 7) is 4.10. The minimum Gasteiger partial charge on any atom is -0.467 e. The Morgan fingerprint density at radius 2 is 1.82 bits per heavy atom. The van der Waals surface area contributed by atoms with Gasteiger partial charge in [0.1, 0.15) is 0 Å². The number of hydrogen-bond acceptors (Lipinski definition) is 5. The van der Waals surface area contributed by atoms with Crippen molar-refractivity contribution in [1.29, 1.82) is 0 Å². The number of aryl methyl sites for hydroxylation is 2. The molecule has 1 heterocycles. The van der Waals surface area contributed by atoms with Gasteiger partial charge < -0.3 is 10.5 Å². The Bertz CT molecular complexity index is 554. The van der Waals surface area contributed by atoms with E-state index in [0.717, 1.165) is 5.56 Å². The monoisotopic (exact) mass is 230 g/mol. The van der Waals surface area contributed by atoms with Crippen LogP contribution >= 0.6 is 0 Å². The van der Waals surface area contributed by atoms with Crippen molar-refractivity contribution >= 4 is 5.95 Å². The maximum Gasteiger partial charge on any atom is 0.321 e. The first kappa shape index (κ1) is 11.3. The van der Waals surface area contributed by atoms with Crippen molar-refractivity contribution in [2.24, 2.45) is 0 Å². The highest BCUT2D eigenvalue weighted by atomic mass is 16.5. The molecule has 2 aromatic rings. The summed E-state index contributed by atoms with van der Waals surface area (Å²) in [6, 6.07) is 6.22. The summed E-state index contributed by atoms with van der Waals surface area (Å²) >= 11 is 0. The lowest BCUT2D eigenvalue weighted by Gasteiger charge is -2.06. The maximum absolute atomic E-state index is 5.60. The fraction of sp³-hybridized carbons (Fsp3) is 0.250. The van der Waals surface area contributed by atoms with Gasteiger partial charge in [0, 0.05) is 5.56 Å².